The number of carbonyl (C=O) groups excluding carboxylic acids is 3. The molecule has 4 rings (SSSR count). The molecule has 2 fully saturated rings. The minimum atomic E-state index is -0.759. The number of hydrogen-bond acceptors (Lipinski definition) is 7. The van der Waals surface area contributed by atoms with E-state index < -0.39 is 17.4 Å². The summed E-state index contributed by atoms with van der Waals surface area (Å²) in [5, 5.41) is 5.47. The van der Waals surface area contributed by atoms with Gasteiger partial charge in [0.05, 0.1) is 18.9 Å². The zero-order chi connectivity index (χ0) is 26.4. The van der Waals surface area contributed by atoms with Gasteiger partial charge in [0.25, 0.3) is 0 Å². The van der Waals surface area contributed by atoms with E-state index in [-0.39, 0.29) is 5.91 Å². The third kappa shape index (κ3) is 7.09. The Labute approximate surface area is 217 Å². The van der Waals surface area contributed by atoms with Gasteiger partial charge < -0.3 is 24.7 Å². The van der Waals surface area contributed by atoms with Crippen LogP contribution in [0.2, 0.25) is 0 Å². The Bertz CT molecular complexity index is 1090. The van der Waals surface area contributed by atoms with Crippen molar-refractivity contribution < 1.29 is 23.5 Å². The third-order valence-electron chi connectivity index (χ3n) is 7.10. The van der Waals surface area contributed by atoms with E-state index in [1.165, 1.54) is 39.2 Å². The molecule has 200 valence electrons. The Kier molecular flexibility index (Phi) is 8.48. The number of nitrogens with zero attached hydrogens (tertiary/aromatic N) is 3. The molecule has 0 atom stereocenters. The summed E-state index contributed by atoms with van der Waals surface area (Å²) in [6.45, 7) is 7.26. The van der Waals surface area contributed by atoms with E-state index >= 15 is 0 Å². The number of ether oxygens (including phenoxy) is 1. The van der Waals surface area contributed by atoms with Crippen LogP contribution in [0, 0.1) is 5.92 Å². The molecule has 1 aromatic carbocycles. The van der Waals surface area contributed by atoms with Gasteiger partial charge in [-0.1, -0.05) is 12.8 Å². The van der Waals surface area contributed by atoms with Crippen molar-refractivity contribution in [3.05, 3.63) is 30.8 Å². The van der Waals surface area contributed by atoms with Gasteiger partial charge in [-0.25, -0.2) is 4.98 Å². The number of amides is 3. The molecule has 1 saturated carbocycles. The number of benzene rings is 1. The minimum Gasteiger partial charge on any atom is -0.496 e. The maximum atomic E-state index is 12.7. The fourth-order valence-corrected chi connectivity index (χ4v) is 5.22. The van der Waals surface area contributed by atoms with Gasteiger partial charge in [0.2, 0.25) is 5.91 Å². The molecule has 0 radical (unpaired) electrons. The monoisotopic (exact) mass is 511 g/mol. The van der Waals surface area contributed by atoms with Crippen LogP contribution >= 0.6 is 0 Å². The second-order valence-corrected chi connectivity index (χ2v) is 10.6. The van der Waals surface area contributed by atoms with Crippen LogP contribution in [-0.4, -0.2) is 77.9 Å². The maximum absolute atomic E-state index is 12.7. The number of piperazine rings is 1. The molecule has 1 aliphatic carbocycles. The molecule has 10 heteroatoms. The molecule has 0 unspecified atom stereocenters. The van der Waals surface area contributed by atoms with Crippen LogP contribution in [0.25, 0.3) is 11.3 Å². The number of hydrogen-bond donors (Lipinski definition) is 2. The second kappa shape index (κ2) is 11.8. The fourth-order valence-electron chi connectivity index (χ4n) is 5.22. The van der Waals surface area contributed by atoms with Crippen LogP contribution in [0.1, 0.15) is 46.0 Å². The van der Waals surface area contributed by atoms with E-state index in [0.717, 1.165) is 13.1 Å². The van der Waals surface area contributed by atoms with E-state index in [1.54, 1.807) is 24.4 Å². The fraction of sp³-hybridized carbons (Fsp3) is 0.556. The van der Waals surface area contributed by atoms with Gasteiger partial charge in [-0.05, 0) is 44.7 Å². The van der Waals surface area contributed by atoms with Crippen molar-refractivity contribution in [2.75, 3.05) is 45.2 Å². The van der Waals surface area contributed by atoms with Gasteiger partial charge >= 0.3 is 11.8 Å². The van der Waals surface area contributed by atoms with Gasteiger partial charge in [-0.3, -0.25) is 19.3 Å². The summed E-state index contributed by atoms with van der Waals surface area (Å²) in [6.07, 6.45) is 8.41. The number of rotatable bonds is 8. The number of methoxy groups -OCH3 is 1. The van der Waals surface area contributed by atoms with Crippen LogP contribution < -0.4 is 15.4 Å². The Balaban J connectivity index is 1.25. The lowest BCUT2D eigenvalue weighted by molar-refractivity contribution is -0.137. The molecule has 0 spiro atoms. The van der Waals surface area contributed by atoms with Crippen LogP contribution in [0.15, 0.2) is 35.2 Å². The Hall–Kier alpha value is -3.40. The van der Waals surface area contributed by atoms with E-state index in [1.807, 2.05) is 18.7 Å². The van der Waals surface area contributed by atoms with E-state index in [2.05, 4.69) is 20.5 Å². The number of nitrogens with one attached hydrogen (secondary N) is 2. The lowest BCUT2D eigenvalue weighted by Crippen LogP contribution is -2.57. The van der Waals surface area contributed by atoms with Crippen molar-refractivity contribution >= 4 is 23.4 Å². The summed E-state index contributed by atoms with van der Waals surface area (Å²) in [5.41, 5.74) is 0.485. The average Bonchev–Trinajstić information content (AvgIpc) is 3.58. The topological polar surface area (TPSA) is 117 Å². The predicted molar refractivity (Wildman–Crippen MR) is 139 cm³/mol. The third-order valence-corrected chi connectivity index (χ3v) is 7.10. The van der Waals surface area contributed by atoms with Crippen LogP contribution in [0.5, 0.6) is 5.75 Å². The molecule has 37 heavy (non-hydrogen) atoms. The van der Waals surface area contributed by atoms with Crippen molar-refractivity contribution in [2.45, 2.75) is 51.5 Å². The molecule has 10 nitrogen and oxygen atoms in total. The molecule has 1 aromatic heterocycles. The first-order valence-electron chi connectivity index (χ1n) is 12.9. The molecule has 3 amide bonds. The summed E-state index contributed by atoms with van der Waals surface area (Å²) in [5.74, 6) is 0.363. The molecular formula is C27H37N5O5. The summed E-state index contributed by atoms with van der Waals surface area (Å²) >= 11 is 0. The zero-order valence-electron chi connectivity index (χ0n) is 21.9. The van der Waals surface area contributed by atoms with Crippen molar-refractivity contribution in [2.24, 2.45) is 5.92 Å². The molecule has 1 saturated heterocycles. The van der Waals surface area contributed by atoms with E-state index in [9.17, 15) is 14.4 Å². The molecule has 2 heterocycles. The molecule has 2 N–H and O–H groups in total. The van der Waals surface area contributed by atoms with Gasteiger partial charge in [-0.15, -0.1) is 0 Å². The standard InChI is InChI=1S/C27H37N5O5/c1-27(2,17-31-10-12-32(13-11-31)24(33)14-19-6-4-5-7-19)30-26(35)25(34)29-20-8-9-21(22(15-20)36-3)23-16-28-18-37-23/h8-9,15-16,18-19H,4-7,10-14,17H2,1-3H3,(H,29,34)(H,30,35). The first-order chi connectivity index (χ1) is 17.7. The smallest absolute Gasteiger partial charge is 0.313 e. The number of aromatic nitrogens is 1. The summed E-state index contributed by atoms with van der Waals surface area (Å²) < 4.78 is 10.7. The molecule has 0 bridgehead atoms. The number of oxazole rings is 1. The maximum Gasteiger partial charge on any atom is 0.313 e. The SMILES string of the molecule is COc1cc(NC(=O)C(=O)NC(C)(C)CN2CCN(C(=O)CC3CCCC3)CC2)ccc1-c1cnco1. The number of anilines is 1. The van der Waals surface area contributed by atoms with Crippen LogP contribution in [0.4, 0.5) is 5.69 Å². The minimum absolute atomic E-state index is 0.265. The van der Waals surface area contributed by atoms with Gasteiger partial charge in [0.15, 0.2) is 12.2 Å². The first kappa shape index (κ1) is 26.7. The molecule has 2 aromatic rings. The Morgan fingerprint density at radius 2 is 1.84 bits per heavy atom. The Morgan fingerprint density at radius 1 is 1.11 bits per heavy atom. The molecule has 2 aliphatic rings. The van der Waals surface area contributed by atoms with E-state index in [0.29, 0.717) is 54.7 Å². The molecule has 1 aliphatic heterocycles. The average molecular weight is 512 g/mol. The lowest BCUT2D eigenvalue weighted by atomic mass is 10.0. The summed E-state index contributed by atoms with van der Waals surface area (Å²) in [6, 6.07) is 5.03. The van der Waals surface area contributed by atoms with E-state index in [4.69, 9.17) is 9.15 Å². The van der Waals surface area contributed by atoms with Crippen molar-refractivity contribution in [1.29, 1.82) is 0 Å². The van der Waals surface area contributed by atoms with Gasteiger partial charge in [-0.2, -0.15) is 0 Å². The summed E-state index contributed by atoms with van der Waals surface area (Å²) in [7, 11) is 1.52. The van der Waals surface area contributed by atoms with Gasteiger partial charge in [0.1, 0.15) is 5.75 Å². The highest BCUT2D eigenvalue weighted by Gasteiger charge is 2.30. The first-order valence-corrected chi connectivity index (χ1v) is 12.9. The predicted octanol–water partition coefficient (Wildman–Crippen LogP) is 2.91. The van der Waals surface area contributed by atoms with Crippen molar-refractivity contribution in [1.82, 2.24) is 20.1 Å². The Morgan fingerprint density at radius 3 is 2.49 bits per heavy atom. The quantitative estimate of drug-likeness (QED) is 0.524. The second-order valence-electron chi connectivity index (χ2n) is 10.6. The molecular weight excluding hydrogens is 474 g/mol. The van der Waals surface area contributed by atoms with Crippen LogP contribution in [0.3, 0.4) is 0 Å². The van der Waals surface area contributed by atoms with Crippen LogP contribution in [-0.2, 0) is 14.4 Å². The highest BCUT2D eigenvalue weighted by Crippen LogP contribution is 2.32. The largest absolute Gasteiger partial charge is 0.496 e. The normalized spacial score (nSPS) is 17.0. The lowest BCUT2D eigenvalue weighted by Gasteiger charge is -2.39. The van der Waals surface area contributed by atoms with Crippen molar-refractivity contribution in [3.63, 3.8) is 0 Å². The van der Waals surface area contributed by atoms with Crippen molar-refractivity contribution in [3.8, 4) is 17.1 Å². The summed E-state index contributed by atoms with van der Waals surface area (Å²) in [4.78, 5) is 46.0. The number of carbonyl (C=O) groups is 3. The van der Waals surface area contributed by atoms with Gasteiger partial charge in [0, 0.05) is 56.4 Å². The highest BCUT2D eigenvalue weighted by atomic mass is 16.5. The zero-order valence-corrected chi connectivity index (χ0v) is 21.9. The highest BCUT2D eigenvalue weighted by molar-refractivity contribution is 6.39.